The van der Waals surface area contributed by atoms with Crippen LogP contribution in [0.2, 0.25) is 0 Å². The molecular formula is C11H16N2O3S. The summed E-state index contributed by atoms with van der Waals surface area (Å²) in [5, 5.41) is 14.9. The summed E-state index contributed by atoms with van der Waals surface area (Å²) < 4.78 is 23.4. The van der Waals surface area contributed by atoms with Crippen LogP contribution in [0.3, 0.4) is 0 Å². The van der Waals surface area contributed by atoms with E-state index in [1.54, 1.807) is 24.3 Å². The number of rotatable bonds is 6. The van der Waals surface area contributed by atoms with Crippen LogP contribution < -0.4 is 5.14 Å². The molecule has 1 aromatic carbocycles. The first kappa shape index (κ1) is 13.9. The molecule has 17 heavy (non-hydrogen) atoms. The third kappa shape index (κ3) is 4.27. The van der Waals surface area contributed by atoms with Gasteiger partial charge in [-0.15, -0.1) is 6.58 Å². The van der Waals surface area contributed by atoms with Gasteiger partial charge in [-0.3, -0.25) is 0 Å². The van der Waals surface area contributed by atoms with E-state index < -0.39 is 16.3 Å². The second-order valence-corrected chi connectivity index (χ2v) is 5.12. The molecule has 1 atom stereocenters. The van der Waals surface area contributed by atoms with Crippen LogP contribution in [0.1, 0.15) is 11.7 Å². The van der Waals surface area contributed by atoms with Crippen LogP contribution in [0, 0.1) is 0 Å². The molecule has 0 aromatic heterocycles. The Balaban J connectivity index is 2.78. The van der Waals surface area contributed by atoms with Gasteiger partial charge < -0.3 is 5.11 Å². The van der Waals surface area contributed by atoms with Crippen LogP contribution in [0.5, 0.6) is 0 Å². The van der Waals surface area contributed by atoms with Gasteiger partial charge in [0, 0.05) is 13.1 Å². The summed E-state index contributed by atoms with van der Waals surface area (Å²) in [6.07, 6.45) is 0.511. The van der Waals surface area contributed by atoms with E-state index in [-0.39, 0.29) is 13.1 Å². The van der Waals surface area contributed by atoms with Crippen molar-refractivity contribution in [3.05, 3.63) is 48.6 Å². The Hall–Kier alpha value is -1.21. The maximum absolute atomic E-state index is 11.2. The third-order valence-electron chi connectivity index (χ3n) is 2.25. The van der Waals surface area contributed by atoms with E-state index in [1.165, 1.54) is 6.08 Å². The molecule has 0 saturated heterocycles. The Bertz CT molecular complexity index is 459. The van der Waals surface area contributed by atoms with Gasteiger partial charge in [-0.25, -0.2) is 5.14 Å². The maximum atomic E-state index is 11.2. The smallest absolute Gasteiger partial charge is 0.277 e. The lowest BCUT2D eigenvalue weighted by Crippen LogP contribution is -2.39. The molecule has 1 unspecified atom stereocenters. The first-order chi connectivity index (χ1) is 7.95. The minimum atomic E-state index is -3.83. The second-order valence-electron chi connectivity index (χ2n) is 3.58. The van der Waals surface area contributed by atoms with E-state index in [0.29, 0.717) is 5.56 Å². The highest BCUT2D eigenvalue weighted by Gasteiger charge is 2.20. The average molecular weight is 256 g/mol. The number of aliphatic hydroxyl groups excluding tert-OH is 1. The maximum Gasteiger partial charge on any atom is 0.277 e. The predicted molar refractivity (Wildman–Crippen MR) is 66.3 cm³/mol. The van der Waals surface area contributed by atoms with Crippen LogP contribution >= 0.6 is 0 Å². The summed E-state index contributed by atoms with van der Waals surface area (Å²) >= 11 is 0. The molecule has 94 valence electrons. The minimum absolute atomic E-state index is 0.0721. The molecule has 0 saturated carbocycles. The van der Waals surface area contributed by atoms with Gasteiger partial charge in [0.1, 0.15) is 0 Å². The van der Waals surface area contributed by atoms with Gasteiger partial charge in [-0.05, 0) is 5.56 Å². The van der Waals surface area contributed by atoms with Crippen molar-refractivity contribution in [2.75, 3.05) is 13.1 Å². The number of hydrogen-bond donors (Lipinski definition) is 2. The lowest BCUT2D eigenvalue weighted by Gasteiger charge is -2.21. The van der Waals surface area contributed by atoms with Gasteiger partial charge in [0.25, 0.3) is 10.2 Å². The molecule has 0 heterocycles. The molecule has 0 aliphatic heterocycles. The summed E-state index contributed by atoms with van der Waals surface area (Å²) in [7, 11) is -3.83. The molecule has 1 aromatic rings. The van der Waals surface area contributed by atoms with Crippen LogP contribution in [0.25, 0.3) is 0 Å². The lowest BCUT2D eigenvalue weighted by molar-refractivity contribution is 0.151. The quantitative estimate of drug-likeness (QED) is 0.723. The lowest BCUT2D eigenvalue weighted by atomic mass is 10.1. The Morgan fingerprint density at radius 1 is 1.41 bits per heavy atom. The third-order valence-corrected chi connectivity index (χ3v) is 3.27. The fourth-order valence-electron chi connectivity index (χ4n) is 1.40. The van der Waals surface area contributed by atoms with Crippen LogP contribution in [-0.4, -0.2) is 30.9 Å². The summed E-state index contributed by atoms with van der Waals surface area (Å²) in [5.74, 6) is 0. The molecule has 0 spiro atoms. The van der Waals surface area contributed by atoms with Gasteiger partial charge in [0.15, 0.2) is 0 Å². The Labute approximate surface area is 101 Å². The molecule has 0 bridgehead atoms. The standard InChI is InChI=1S/C11H16N2O3S/c1-2-8-13(17(12,15)16)9-11(14)10-6-4-3-5-7-10/h2-7,11,14H,1,8-9H2,(H2,12,15,16). The number of nitrogens with zero attached hydrogens (tertiary/aromatic N) is 1. The molecule has 5 nitrogen and oxygen atoms in total. The zero-order valence-corrected chi connectivity index (χ0v) is 10.2. The first-order valence-corrected chi connectivity index (χ1v) is 6.57. The van der Waals surface area contributed by atoms with E-state index >= 15 is 0 Å². The molecular weight excluding hydrogens is 240 g/mol. The van der Waals surface area contributed by atoms with Crippen molar-refractivity contribution in [3.8, 4) is 0 Å². The van der Waals surface area contributed by atoms with Crippen LogP contribution in [-0.2, 0) is 10.2 Å². The van der Waals surface area contributed by atoms with E-state index in [9.17, 15) is 13.5 Å². The molecule has 6 heteroatoms. The van der Waals surface area contributed by atoms with Crippen molar-refractivity contribution >= 4 is 10.2 Å². The Kier molecular flexibility index (Phi) is 4.83. The van der Waals surface area contributed by atoms with Crippen molar-refractivity contribution < 1.29 is 13.5 Å². The van der Waals surface area contributed by atoms with E-state index in [4.69, 9.17) is 5.14 Å². The molecule has 0 amide bonds. The molecule has 3 N–H and O–H groups in total. The highest BCUT2D eigenvalue weighted by Crippen LogP contribution is 2.14. The second kappa shape index (κ2) is 5.92. The highest BCUT2D eigenvalue weighted by molar-refractivity contribution is 7.86. The summed E-state index contributed by atoms with van der Waals surface area (Å²) in [6, 6.07) is 8.80. The Morgan fingerprint density at radius 3 is 2.47 bits per heavy atom. The SMILES string of the molecule is C=CCN(CC(O)c1ccccc1)S(N)(=O)=O. The fraction of sp³-hybridized carbons (Fsp3) is 0.273. The summed E-state index contributed by atoms with van der Waals surface area (Å²) in [5.41, 5.74) is 0.644. The number of nitrogens with two attached hydrogens (primary N) is 1. The van der Waals surface area contributed by atoms with Crippen molar-refractivity contribution in [2.45, 2.75) is 6.10 Å². The number of benzene rings is 1. The van der Waals surface area contributed by atoms with Gasteiger partial charge in [0.2, 0.25) is 0 Å². The summed E-state index contributed by atoms with van der Waals surface area (Å²) in [6.45, 7) is 3.43. The highest BCUT2D eigenvalue weighted by atomic mass is 32.2. The van der Waals surface area contributed by atoms with Crippen LogP contribution in [0.4, 0.5) is 0 Å². The topological polar surface area (TPSA) is 83.6 Å². The average Bonchev–Trinajstić information content (AvgIpc) is 2.28. The Morgan fingerprint density at radius 2 is 2.00 bits per heavy atom. The summed E-state index contributed by atoms with van der Waals surface area (Å²) in [4.78, 5) is 0. The van der Waals surface area contributed by atoms with Gasteiger partial charge in [0.05, 0.1) is 6.10 Å². The molecule has 0 aliphatic carbocycles. The van der Waals surface area contributed by atoms with E-state index in [2.05, 4.69) is 6.58 Å². The van der Waals surface area contributed by atoms with Gasteiger partial charge in [-0.1, -0.05) is 36.4 Å². The van der Waals surface area contributed by atoms with Gasteiger partial charge in [-0.2, -0.15) is 12.7 Å². The molecule has 0 fully saturated rings. The monoisotopic (exact) mass is 256 g/mol. The zero-order chi connectivity index (χ0) is 12.9. The zero-order valence-electron chi connectivity index (χ0n) is 9.36. The normalized spacial score (nSPS) is 13.6. The molecule has 0 aliphatic rings. The van der Waals surface area contributed by atoms with Crippen molar-refractivity contribution in [1.29, 1.82) is 0 Å². The first-order valence-electron chi connectivity index (χ1n) is 5.07. The van der Waals surface area contributed by atoms with E-state index in [1.807, 2.05) is 6.07 Å². The molecule has 1 rings (SSSR count). The van der Waals surface area contributed by atoms with Crippen LogP contribution in [0.15, 0.2) is 43.0 Å². The fourth-order valence-corrected chi connectivity index (χ4v) is 2.06. The van der Waals surface area contributed by atoms with Crippen molar-refractivity contribution in [3.63, 3.8) is 0 Å². The number of hydrogen-bond acceptors (Lipinski definition) is 3. The minimum Gasteiger partial charge on any atom is -0.387 e. The predicted octanol–water partition coefficient (Wildman–Crippen LogP) is 0.412. The van der Waals surface area contributed by atoms with E-state index in [0.717, 1.165) is 4.31 Å². The van der Waals surface area contributed by atoms with Crippen molar-refractivity contribution in [2.24, 2.45) is 5.14 Å². The largest absolute Gasteiger partial charge is 0.387 e. The van der Waals surface area contributed by atoms with Gasteiger partial charge >= 0.3 is 0 Å². The molecule has 0 radical (unpaired) electrons. The number of aliphatic hydroxyl groups is 1. The van der Waals surface area contributed by atoms with Crippen molar-refractivity contribution in [1.82, 2.24) is 4.31 Å².